The second-order valence-electron chi connectivity index (χ2n) is 4.41. The van der Waals surface area contributed by atoms with E-state index in [1.54, 1.807) is 12.1 Å². The zero-order valence-electron chi connectivity index (χ0n) is 11.0. The van der Waals surface area contributed by atoms with Crippen LogP contribution in [0, 0.1) is 10.1 Å². The monoisotopic (exact) mass is 324 g/mol. The van der Waals surface area contributed by atoms with Gasteiger partial charge in [0.05, 0.1) is 15.7 Å². The second-order valence-corrected chi connectivity index (χ2v) is 6.21. The summed E-state index contributed by atoms with van der Waals surface area (Å²) in [6.07, 6.45) is 0.951. The lowest BCUT2D eigenvalue weighted by atomic mass is 10.1. The predicted octanol–water partition coefficient (Wildman–Crippen LogP) is 3.21. The molecule has 1 aromatic carbocycles. The molecular weight excluding hydrogens is 312 g/mol. The van der Waals surface area contributed by atoms with Crippen molar-refractivity contribution in [2.45, 2.75) is 12.8 Å². The highest BCUT2D eigenvalue weighted by molar-refractivity contribution is 7.16. The maximum atomic E-state index is 11.8. The van der Waals surface area contributed by atoms with E-state index in [1.165, 1.54) is 23.5 Å². The third kappa shape index (κ3) is 4.84. The average Bonchev–Trinajstić information content (AvgIpc) is 2.85. The minimum atomic E-state index is -0.462. The molecule has 1 N–H and O–H groups in total. The third-order valence-electron chi connectivity index (χ3n) is 2.83. The number of hydrogen-bond acceptors (Lipinski definition) is 4. The van der Waals surface area contributed by atoms with Gasteiger partial charge in [-0.3, -0.25) is 14.9 Å². The van der Waals surface area contributed by atoms with E-state index in [0.717, 1.165) is 21.2 Å². The maximum absolute atomic E-state index is 11.8. The summed E-state index contributed by atoms with van der Waals surface area (Å²) in [7, 11) is 0. The van der Waals surface area contributed by atoms with Crippen LogP contribution in [0.25, 0.3) is 0 Å². The summed E-state index contributed by atoms with van der Waals surface area (Å²) in [4.78, 5) is 22.9. The Labute approximate surface area is 130 Å². The van der Waals surface area contributed by atoms with Gasteiger partial charge in [-0.05, 0) is 24.1 Å². The van der Waals surface area contributed by atoms with Gasteiger partial charge in [0.15, 0.2) is 0 Å². The molecule has 0 bridgehead atoms. The number of nitro groups is 1. The minimum Gasteiger partial charge on any atom is -0.355 e. The first-order valence-electron chi connectivity index (χ1n) is 6.29. The van der Waals surface area contributed by atoms with E-state index in [2.05, 4.69) is 5.32 Å². The number of nitrogens with one attached hydrogen (secondary N) is 1. The van der Waals surface area contributed by atoms with Crippen molar-refractivity contribution in [3.8, 4) is 0 Å². The Morgan fingerprint density at radius 1 is 1.24 bits per heavy atom. The summed E-state index contributed by atoms with van der Waals surface area (Å²) >= 11 is 7.33. The van der Waals surface area contributed by atoms with Gasteiger partial charge in [-0.25, -0.2) is 0 Å². The van der Waals surface area contributed by atoms with Crippen molar-refractivity contribution in [2.24, 2.45) is 0 Å². The van der Waals surface area contributed by atoms with Crippen LogP contribution in [-0.2, 0) is 17.6 Å². The predicted molar refractivity (Wildman–Crippen MR) is 82.8 cm³/mol. The van der Waals surface area contributed by atoms with Gasteiger partial charge in [-0.2, -0.15) is 0 Å². The number of thiophene rings is 1. The van der Waals surface area contributed by atoms with Crippen LogP contribution >= 0.6 is 22.9 Å². The maximum Gasteiger partial charge on any atom is 0.269 e. The van der Waals surface area contributed by atoms with Crippen LogP contribution in [0.15, 0.2) is 36.4 Å². The Balaban J connectivity index is 1.77. The van der Waals surface area contributed by atoms with E-state index in [-0.39, 0.29) is 18.0 Å². The molecule has 0 radical (unpaired) electrons. The molecule has 7 heteroatoms. The molecule has 21 heavy (non-hydrogen) atoms. The van der Waals surface area contributed by atoms with Crippen molar-refractivity contribution in [3.63, 3.8) is 0 Å². The number of amides is 1. The Morgan fingerprint density at radius 2 is 1.95 bits per heavy atom. The van der Waals surface area contributed by atoms with Gasteiger partial charge < -0.3 is 5.32 Å². The number of nitrogens with zero attached hydrogens (tertiary/aromatic N) is 1. The SMILES string of the molecule is O=C(Cc1ccc([N+](=O)[O-])cc1)NCCc1ccc(Cl)s1. The van der Waals surface area contributed by atoms with Crippen LogP contribution in [0.5, 0.6) is 0 Å². The average molecular weight is 325 g/mol. The topological polar surface area (TPSA) is 72.2 Å². The number of carbonyl (C=O) groups is 1. The largest absolute Gasteiger partial charge is 0.355 e. The van der Waals surface area contributed by atoms with Gasteiger partial charge in [-0.15, -0.1) is 11.3 Å². The molecule has 0 aliphatic heterocycles. The van der Waals surface area contributed by atoms with Crippen LogP contribution in [-0.4, -0.2) is 17.4 Å². The fraction of sp³-hybridized carbons (Fsp3) is 0.214. The summed E-state index contributed by atoms with van der Waals surface area (Å²) in [6, 6.07) is 9.76. The van der Waals surface area contributed by atoms with Crippen LogP contribution in [0.1, 0.15) is 10.4 Å². The van der Waals surface area contributed by atoms with Gasteiger partial charge in [0.2, 0.25) is 5.91 Å². The normalized spacial score (nSPS) is 10.3. The molecule has 5 nitrogen and oxygen atoms in total. The standard InChI is InChI=1S/C14H13ClN2O3S/c15-13-6-5-12(21-13)7-8-16-14(18)9-10-1-3-11(4-2-10)17(19)20/h1-6H,7-9H2,(H,16,18). The van der Waals surface area contributed by atoms with Crippen molar-refractivity contribution in [3.05, 3.63) is 61.3 Å². The molecule has 2 rings (SSSR count). The van der Waals surface area contributed by atoms with Gasteiger partial charge in [-0.1, -0.05) is 23.7 Å². The molecule has 0 saturated carbocycles. The molecule has 1 amide bonds. The van der Waals surface area contributed by atoms with Gasteiger partial charge >= 0.3 is 0 Å². The molecule has 2 aromatic rings. The van der Waals surface area contributed by atoms with Crippen molar-refractivity contribution in [2.75, 3.05) is 6.54 Å². The Hall–Kier alpha value is -1.92. The Bertz CT molecular complexity index is 640. The lowest BCUT2D eigenvalue weighted by Gasteiger charge is -2.04. The summed E-state index contributed by atoms with van der Waals surface area (Å²) in [5.41, 5.74) is 0.769. The molecule has 110 valence electrons. The molecular formula is C14H13ClN2O3S. The zero-order valence-corrected chi connectivity index (χ0v) is 12.6. The highest BCUT2D eigenvalue weighted by atomic mass is 35.5. The lowest BCUT2D eigenvalue weighted by Crippen LogP contribution is -2.27. The Kier molecular flexibility index (Phi) is 5.30. The Morgan fingerprint density at radius 3 is 2.52 bits per heavy atom. The summed E-state index contributed by atoms with van der Waals surface area (Å²) in [5, 5.41) is 13.3. The molecule has 0 fully saturated rings. The van der Waals surface area contributed by atoms with Crippen LogP contribution < -0.4 is 5.32 Å². The highest BCUT2D eigenvalue weighted by Gasteiger charge is 2.07. The molecule has 0 unspecified atom stereocenters. The molecule has 1 aromatic heterocycles. The summed E-state index contributed by atoms with van der Waals surface area (Å²) in [5.74, 6) is -0.105. The number of halogens is 1. The van der Waals surface area contributed by atoms with E-state index >= 15 is 0 Å². The van der Waals surface area contributed by atoms with Crippen molar-refractivity contribution in [1.82, 2.24) is 5.32 Å². The number of benzene rings is 1. The first kappa shape index (κ1) is 15.5. The number of carbonyl (C=O) groups excluding carboxylic acids is 1. The van der Waals surface area contributed by atoms with Crippen molar-refractivity contribution < 1.29 is 9.72 Å². The van der Waals surface area contributed by atoms with Crippen LogP contribution in [0.4, 0.5) is 5.69 Å². The molecule has 0 aliphatic carbocycles. The molecule has 0 spiro atoms. The second kappa shape index (κ2) is 7.19. The molecule has 0 aliphatic rings. The fourth-order valence-corrected chi connectivity index (χ4v) is 2.88. The van der Waals surface area contributed by atoms with Crippen LogP contribution in [0.2, 0.25) is 4.34 Å². The number of rotatable bonds is 6. The first-order valence-corrected chi connectivity index (χ1v) is 7.48. The highest BCUT2D eigenvalue weighted by Crippen LogP contribution is 2.21. The van der Waals surface area contributed by atoms with E-state index in [4.69, 9.17) is 11.6 Å². The van der Waals surface area contributed by atoms with E-state index in [0.29, 0.717) is 6.54 Å². The van der Waals surface area contributed by atoms with E-state index in [9.17, 15) is 14.9 Å². The first-order chi connectivity index (χ1) is 10.0. The van der Waals surface area contributed by atoms with Gasteiger partial charge in [0.1, 0.15) is 0 Å². The lowest BCUT2D eigenvalue weighted by molar-refractivity contribution is -0.384. The van der Waals surface area contributed by atoms with E-state index < -0.39 is 4.92 Å². The summed E-state index contributed by atoms with van der Waals surface area (Å²) in [6.45, 7) is 0.544. The molecule has 0 atom stereocenters. The van der Waals surface area contributed by atoms with Crippen molar-refractivity contribution in [1.29, 1.82) is 0 Å². The van der Waals surface area contributed by atoms with Gasteiger partial charge in [0, 0.05) is 23.6 Å². The number of nitro benzene ring substituents is 1. The van der Waals surface area contributed by atoms with Crippen LogP contribution in [0.3, 0.4) is 0 Å². The minimum absolute atomic E-state index is 0.0220. The zero-order chi connectivity index (χ0) is 15.2. The molecule has 0 saturated heterocycles. The fourth-order valence-electron chi connectivity index (χ4n) is 1.79. The smallest absolute Gasteiger partial charge is 0.269 e. The third-order valence-corrected chi connectivity index (χ3v) is 4.13. The van der Waals surface area contributed by atoms with Crippen molar-refractivity contribution >= 4 is 34.5 Å². The number of hydrogen-bond donors (Lipinski definition) is 1. The van der Waals surface area contributed by atoms with Gasteiger partial charge in [0.25, 0.3) is 5.69 Å². The molecule has 1 heterocycles. The summed E-state index contributed by atoms with van der Waals surface area (Å²) < 4.78 is 0.738. The quantitative estimate of drug-likeness (QED) is 0.655. The number of non-ortho nitro benzene ring substituents is 1. The van der Waals surface area contributed by atoms with E-state index in [1.807, 2.05) is 12.1 Å².